The van der Waals surface area contributed by atoms with E-state index in [9.17, 15) is 24.6 Å². The topological polar surface area (TPSA) is 156 Å². The van der Waals surface area contributed by atoms with E-state index in [4.69, 9.17) is 20.3 Å². The highest BCUT2D eigenvalue weighted by molar-refractivity contribution is 6.11. The molecular weight excluding hydrogens is 430 g/mol. The number of benzene rings is 2. The van der Waals surface area contributed by atoms with Crippen molar-refractivity contribution in [2.24, 2.45) is 5.73 Å². The number of carboxylic acids is 1. The smallest absolute Gasteiger partial charge is 0.320 e. The number of methoxy groups -OCH3 is 2. The van der Waals surface area contributed by atoms with Crippen LogP contribution in [0, 0.1) is 0 Å². The molecule has 0 aliphatic rings. The molecule has 0 aliphatic heterocycles. The number of carboxylic acid groups (broad SMARTS) is 1. The van der Waals surface area contributed by atoms with E-state index in [0.717, 1.165) is 0 Å². The van der Waals surface area contributed by atoms with Gasteiger partial charge in [0.15, 0.2) is 34.6 Å². The van der Waals surface area contributed by atoms with Crippen LogP contribution in [0.4, 0.5) is 0 Å². The predicted octanol–water partition coefficient (Wildman–Crippen LogP) is 2.32. The number of hydrogen-bond donors (Lipinski definition) is 4. The summed E-state index contributed by atoms with van der Waals surface area (Å²) in [6.45, 7) is 0. The Morgan fingerprint density at radius 1 is 0.939 bits per heavy atom. The summed E-state index contributed by atoms with van der Waals surface area (Å²) in [5, 5.41) is 28.6. The molecule has 2 aromatic carbocycles. The zero-order valence-corrected chi connectivity index (χ0v) is 18.1. The van der Waals surface area contributed by atoms with E-state index in [1.165, 1.54) is 56.7 Å². The van der Waals surface area contributed by atoms with Crippen LogP contribution in [-0.4, -0.2) is 53.1 Å². The van der Waals surface area contributed by atoms with Crippen LogP contribution in [0.5, 0.6) is 23.0 Å². The van der Waals surface area contributed by atoms with Crippen LogP contribution in [0.15, 0.2) is 42.5 Å². The first-order chi connectivity index (χ1) is 15.6. The van der Waals surface area contributed by atoms with Gasteiger partial charge in [-0.3, -0.25) is 14.4 Å². The molecule has 0 bridgehead atoms. The van der Waals surface area contributed by atoms with E-state index in [2.05, 4.69) is 0 Å². The van der Waals surface area contributed by atoms with Gasteiger partial charge in [0, 0.05) is 0 Å². The number of hydrogen-bond acceptors (Lipinski definition) is 8. The Balaban J connectivity index is 2.12. The fourth-order valence-electron chi connectivity index (χ4n) is 2.91. The van der Waals surface area contributed by atoms with Crippen molar-refractivity contribution >= 4 is 29.7 Å². The molecule has 9 nitrogen and oxygen atoms in total. The first-order valence-electron chi connectivity index (χ1n) is 9.81. The second-order valence-corrected chi connectivity index (χ2v) is 7.08. The molecule has 0 saturated carbocycles. The lowest BCUT2D eigenvalue weighted by atomic mass is 9.98. The maximum absolute atomic E-state index is 12.3. The number of carbonyl (C=O) groups excluding carboxylic acids is 2. The number of phenols is 2. The zero-order chi connectivity index (χ0) is 24.5. The van der Waals surface area contributed by atoms with Crippen molar-refractivity contribution in [3.63, 3.8) is 0 Å². The van der Waals surface area contributed by atoms with Crippen molar-refractivity contribution in [1.82, 2.24) is 0 Å². The predicted molar refractivity (Wildman–Crippen MR) is 121 cm³/mol. The van der Waals surface area contributed by atoms with Crippen LogP contribution in [-0.2, 0) is 20.8 Å². The second-order valence-electron chi connectivity index (χ2n) is 7.08. The van der Waals surface area contributed by atoms with Crippen LogP contribution >= 0.6 is 0 Å². The lowest BCUT2D eigenvalue weighted by molar-refractivity contribution is -0.138. The summed E-state index contributed by atoms with van der Waals surface area (Å²) < 4.78 is 10.1. The van der Waals surface area contributed by atoms with Gasteiger partial charge in [-0.25, -0.2) is 0 Å². The maximum Gasteiger partial charge on any atom is 0.320 e. The Labute approximate surface area is 190 Å². The van der Waals surface area contributed by atoms with E-state index in [0.29, 0.717) is 16.7 Å². The minimum absolute atomic E-state index is 0.0316. The minimum atomic E-state index is -1.21. The quantitative estimate of drug-likeness (QED) is 0.295. The number of rotatable bonds is 11. The number of ether oxygens (including phenoxy) is 2. The molecule has 0 aliphatic carbocycles. The fourth-order valence-corrected chi connectivity index (χ4v) is 2.91. The first-order valence-corrected chi connectivity index (χ1v) is 9.81. The van der Waals surface area contributed by atoms with E-state index in [1.54, 1.807) is 12.1 Å². The lowest BCUT2D eigenvalue weighted by Crippen LogP contribution is -2.32. The third kappa shape index (κ3) is 7.22. The molecule has 0 unspecified atom stereocenters. The van der Waals surface area contributed by atoms with Crippen molar-refractivity contribution in [1.29, 1.82) is 0 Å². The van der Waals surface area contributed by atoms with Crippen LogP contribution in [0.3, 0.4) is 0 Å². The summed E-state index contributed by atoms with van der Waals surface area (Å²) in [4.78, 5) is 35.5. The summed E-state index contributed by atoms with van der Waals surface area (Å²) in [5.74, 6) is -1.96. The third-order valence-electron chi connectivity index (χ3n) is 4.66. The normalized spacial score (nSPS) is 12.1. The van der Waals surface area contributed by atoms with Gasteiger partial charge in [-0.2, -0.15) is 0 Å². The standard InChI is InChI=1S/C24H25NO8/c1-32-22-9-14(4-8-20(22)28)3-6-17(26)13-18(27)7-5-15-12-23(33-2)21(29)11-16(15)10-19(25)24(30)31/h3-9,11-12,19,28-29H,10,13,25H2,1-2H3,(H,30,31)/t19-/m0/s1. The third-order valence-corrected chi connectivity index (χ3v) is 4.66. The number of nitrogens with two attached hydrogens (primary N) is 1. The van der Waals surface area contributed by atoms with Gasteiger partial charge in [0.2, 0.25) is 0 Å². The van der Waals surface area contributed by atoms with E-state index in [-0.39, 0.29) is 35.8 Å². The van der Waals surface area contributed by atoms with Gasteiger partial charge in [-0.05, 0) is 59.5 Å². The zero-order valence-electron chi connectivity index (χ0n) is 18.1. The Kier molecular flexibility index (Phi) is 8.76. The summed E-state index contributed by atoms with van der Waals surface area (Å²) >= 11 is 0. The highest BCUT2D eigenvalue weighted by Crippen LogP contribution is 2.31. The van der Waals surface area contributed by atoms with Gasteiger partial charge in [0.1, 0.15) is 6.04 Å². The number of phenolic OH excluding ortho intramolecular Hbond substituents is 2. The number of carbonyl (C=O) groups is 3. The molecule has 174 valence electrons. The van der Waals surface area contributed by atoms with Crippen LogP contribution in [0.25, 0.3) is 12.2 Å². The lowest BCUT2D eigenvalue weighted by Gasteiger charge is -2.13. The number of aliphatic carboxylic acids is 1. The molecule has 2 aromatic rings. The first kappa shape index (κ1) is 25.2. The maximum atomic E-state index is 12.3. The molecular formula is C24H25NO8. The summed E-state index contributed by atoms with van der Waals surface area (Å²) in [7, 11) is 2.76. The Bertz CT molecular complexity index is 1100. The molecule has 0 aromatic heterocycles. The van der Waals surface area contributed by atoms with Crippen LogP contribution in [0.1, 0.15) is 23.1 Å². The molecule has 0 amide bonds. The largest absolute Gasteiger partial charge is 0.504 e. The highest BCUT2D eigenvalue weighted by atomic mass is 16.5. The van der Waals surface area contributed by atoms with Crippen molar-refractivity contribution < 1.29 is 39.2 Å². The minimum Gasteiger partial charge on any atom is -0.504 e. The van der Waals surface area contributed by atoms with Crippen LogP contribution < -0.4 is 15.2 Å². The van der Waals surface area contributed by atoms with Crippen molar-refractivity contribution in [2.45, 2.75) is 18.9 Å². The molecule has 2 rings (SSSR count). The van der Waals surface area contributed by atoms with Gasteiger partial charge in [0.25, 0.3) is 0 Å². The highest BCUT2D eigenvalue weighted by Gasteiger charge is 2.16. The molecule has 0 heterocycles. The number of aromatic hydroxyl groups is 2. The van der Waals surface area contributed by atoms with Crippen molar-refractivity contribution in [2.75, 3.05) is 14.2 Å². The van der Waals surface area contributed by atoms with E-state index < -0.39 is 23.6 Å². The number of ketones is 2. The summed E-state index contributed by atoms with van der Waals surface area (Å²) in [5.41, 5.74) is 7.03. The Hall–Kier alpha value is -4.11. The molecule has 1 atom stereocenters. The second kappa shape index (κ2) is 11.5. The molecule has 0 spiro atoms. The molecule has 5 N–H and O–H groups in total. The Morgan fingerprint density at radius 2 is 1.55 bits per heavy atom. The summed E-state index contributed by atoms with van der Waals surface area (Å²) in [6.07, 6.45) is 4.88. The Morgan fingerprint density at radius 3 is 2.15 bits per heavy atom. The van der Waals surface area contributed by atoms with Gasteiger partial charge >= 0.3 is 5.97 Å². The monoisotopic (exact) mass is 455 g/mol. The van der Waals surface area contributed by atoms with Gasteiger partial charge in [0.05, 0.1) is 20.6 Å². The average molecular weight is 455 g/mol. The molecule has 0 radical (unpaired) electrons. The molecule has 33 heavy (non-hydrogen) atoms. The van der Waals surface area contributed by atoms with Crippen LogP contribution in [0.2, 0.25) is 0 Å². The summed E-state index contributed by atoms with van der Waals surface area (Å²) in [6, 6.07) is 6.13. The van der Waals surface area contributed by atoms with E-state index >= 15 is 0 Å². The van der Waals surface area contributed by atoms with Gasteiger partial charge in [-0.15, -0.1) is 0 Å². The molecule has 0 fully saturated rings. The van der Waals surface area contributed by atoms with Gasteiger partial charge in [-0.1, -0.05) is 18.2 Å². The van der Waals surface area contributed by atoms with E-state index in [1.807, 2.05) is 0 Å². The SMILES string of the molecule is COc1cc(C=CC(=O)CC(=O)C=Cc2cc(OC)c(O)cc2C[C@H](N)C(=O)O)ccc1O. The average Bonchev–Trinajstić information content (AvgIpc) is 2.77. The molecule has 9 heteroatoms. The van der Waals surface area contributed by atoms with Crippen molar-refractivity contribution in [3.05, 3.63) is 59.2 Å². The molecule has 0 saturated heterocycles. The van der Waals surface area contributed by atoms with Gasteiger partial charge < -0.3 is 30.5 Å². The number of allylic oxidation sites excluding steroid dienone is 2. The van der Waals surface area contributed by atoms with Crippen molar-refractivity contribution in [3.8, 4) is 23.0 Å². The fraction of sp³-hybridized carbons (Fsp3) is 0.208.